The number of urea groups is 1. The van der Waals surface area contributed by atoms with Crippen molar-refractivity contribution >= 4 is 6.03 Å². The second-order valence-corrected chi connectivity index (χ2v) is 6.13. The first-order chi connectivity index (χ1) is 11.9. The third-order valence-corrected chi connectivity index (χ3v) is 4.11. The average molecular weight is 348 g/mol. The summed E-state index contributed by atoms with van der Waals surface area (Å²) in [5.41, 5.74) is -0.906. The molecule has 2 amide bonds. The molecule has 1 aliphatic heterocycles. The Balaban J connectivity index is 1.60. The molecular weight excluding hydrogens is 330 g/mol. The normalized spacial score (nSPS) is 18.0. The number of amides is 2. The van der Waals surface area contributed by atoms with E-state index in [1.54, 1.807) is 0 Å². The lowest BCUT2D eigenvalue weighted by Gasteiger charge is -2.25. The van der Waals surface area contributed by atoms with E-state index in [1.165, 1.54) is 6.92 Å². The van der Waals surface area contributed by atoms with E-state index in [0.29, 0.717) is 18.4 Å². The van der Waals surface area contributed by atoms with Gasteiger partial charge in [-0.15, -0.1) is 0 Å². The summed E-state index contributed by atoms with van der Waals surface area (Å²) in [6.45, 7) is 1.42. The van der Waals surface area contributed by atoms with Gasteiger partial charge in [-0.2, -0.15) is 0 Å². The van der Waals surface area contributed by atoms with Gasteiger partial charge in [0, 0.05) is 17.2 Å². The highest BCUT2D eigenvalue weighted by Gasteiger charge is 2.29. The number of ether oxygens (including phenoxy) is 1. The topological polar surface area (TPSA) is 70.6 Å². The molecule has 1 heterocycles. The monoisotopic (exact) mass is 348 g/mol. The fraction of sp³-hybridized carbons (Fsp3) is 0.278. The molecule has 0 saturated carbocycles. The third kappa shape index (κ3) is 3.71. The van der Waals surface area contributed by atoms with Crippen LogP contribution in [-0.4, -0.2) is 24.3 Å². The quantitative estimate of drug-likeness (QED) is 0.795. The van der Waals surface area contributed by atoms with E-state index in [0.717, 1.165) is 17.7 Å². The van der Waals surface area contributed by atoms with Crippen LogP contribution < -0.4 is 15.4 Å². The van der Waals surface area contributed by atoms with E-state index in [1.807, 2.05) is 24.3 Å². The van der Waals surface area contributed by atoms with E-state index in [4.69, 9.17) is 4.74 Å². The smallest absolute Gasteiger partial charge is 0.315 e. The maximum atomic E-state index is 13.8. The molecule has 3 rings (SSSR count). The van der Waals surface area contributed by atoms with Gasteiger partial charge >= 0.3 is 6.03 Å². The van der Waals surface area contributed by atoms with Crippen LogP contribution in [0, 0.1) is 11.6 Å². The van der Waals surface area contributed by atoms with Crippen LogP contribution in [0.1, 0.15) is 24.1 Å². The highest BCUT2D eigenvalue weighted by molar-refractivity contribution is 5.75. The molecular formula is C18H18F2N2O3. The highest BCUT2D eigenvalue weighted by atomic mass is 19.1. The van der Waals surface area contributed by atoms with E-state index in [2.05, 4.69) is 10.6 Å². The minimum atomic E-state index is -1.68. The van der Waals surface area contributed by atoms with Crippen molar-refractivity contribution in [3.05, 3.63) is 65.2 Å². The number of nitrogens with one attached hydrogen (secondary N) is 2. The predicted octanol–water partition coefficient (Wildman–Crippen LogP) is 2.61. The van der Waals surface area contributed by atoms with Crippen LogP contribution in [0.5, 0.6) is 5.75 Å². The van der Waals surface area contributed by atoms with Crippen molar-refractivity contribution in [3.63, 3.8) is 0 Å². The van der Waals surface area contributed by atoms with Crippen LogP contribution in [0.25, 0.3) is 0 Å². The molecule has 25 heavy (non-hydrogen) atoms. The molecule has 0 saturated heterocycles. The zero-order valence-corrected chi connectivity index (χ0v) is 13.6. The zero-order valence-electron chi connectivity index (χ0n) is 13.6. The lowest BCUT2D eigenvalue weighted by molar-refractivity contribution is 0.0554. The minimum Gasteiger partial charge on any atom is -0.491 e. The van der Waals surface area contributed by atoms with Crippen molar-refractivity contribution in [2.45, 2.75) is 18.6 Å². The molecule has 5 nitrogen and oxygen atoms in total. The zero-order chi connectivity index (χ0) is 18.0. The number of rotatable bonds is 4. The van der Waals surface area contributed by atoms with Gasteiger partial charge in [-0.05, 0) is 19.1 Å². The van der Waals surface area contributed by atoms with Crippen molar-refractivity contribution in [1.82, 2.24) is 10.6 Å². The Kier molecular flexibility index (Phi) is 4.59. The Labute approximate surface area is 143 Å². The Morgan fingerprint density at radius 1 is 1.32 bits per heavy atom. The first-order valence-corrected chi connectivity index (χ1v) is 7.81. The molecule has 1 aliphatic rings. The second kappa shape index (κ2) is 6.68. The van der Waals surface area contributed by atoms with Gasteiger partial charge < -0.3 is 20.5 Å². The predicted molar refractivity (Wildman–Crippen MR) is 87.1 cm³/mol. The third-order valence-electron chi connectivity index (χ3n) is 4.11. The van der Waals surface area contributed by atoms with Crippen molar-refractivity contribution < 1.29 is 23.4 Å². The largest absolute Gasteiger partial charge is 0.491 e. The fourth-order valence-electron chi connectivity index (χ4n) is 2.77. The minimum absolute atomic E-state index is 0.0938. The van der Waals surface area contributed by atoms with E-state index in [9.17, 15) is 18.7 Å². The van der Waals surface area contributed by atoms with E-state index < -0.39 is 23.3 Å². The van der Waals surface area contributed by atoms with Gasteiger partial charge in [-0.1, -0.05) is 24.3 Å². The standard InChI is InChI=1S/C18H18F2N2O3/c1-18(24,13-7-6-11(19)8-14(13)20)10-21-17(23)22-15-9-25-16-5-3-2-4-12(15)16/h2-8,15,24H,9-10H2,1H3,(H2,21,22,23). The summed E-state index contributed by atoms with van der Waals surface area (Å²) in [5, 5.41) is 15.6. The van der Waals surface area contributed by atoms with Gasteiger partial charge in [0.1, 0.15) is 29.6 Å². The Morgan fingerprint density at radius 2 is 2.08 bits per heavy atom. The first-order valence-electron chi connectivity index (χ1n) is 7.81. The average Bonchev–Trinajstić information content (AvgIpc) is 2.96. The summed E-state index contributed by atoms with van der Waals surface area (Å²) in [7, 11) is 0. The molecule has 2 aromatic carbocycles. The van der Waals surface area contributed by atoms with Crippen molar-refractivity contribution in [2.24, 2.45) is 0 Å². The summed E-state index contributed by atoms with van der Waals surface area (Å²) >= 11 is 0. The molecule has 2 unspecified atom stereocenters. The molecule has 0 fully saturated rings. The molecule has 0 bridgehead atoms. The van der Waals surface area contributed by atoms with Crippen LogP contribution in [0.4, 0.5) is 13.6 Å². The van der Waals surface area contributed by atoms with Gasteiger partial charge in [0.25, 0.3) is 0 Å². The van der Waals surface area contributed by atoms with Crippen molar-refractivity contribution in [1.29, 1.82) is 0 Å². The van der Waals surface area contributed by atoms with Crippen LogP contribution in [-0.2, 0) is 5.60 Å². The summed E-state index contributed by atoms with van der Waals surface area (Å²) in [6.07, 6.45) is 0. The molecule has 0 radical (unpaired) electrons. The molecule has 2 aromatic rings. The maximum Gasteiger partial charge on any atom is 0.315 e. The van der Waals surface area contributed by atoms with Gasteiger partial charge in [0.05, 0.1) is 12.6 Å². The number of halogens is 2. The molecule has 7 heteroatoms. The summed E-state index contributed by atoms with van der Waals surface area (Å²) in [6, 6.07) is 9.45. The van der Waals surface area contributed by atoms with Gasteiger partial charge in [-0.25, -0.2) is 13.6 Å². The molecule has 3 N–H and O–H groups in total. The number of fused-ring (bicyclic) bond motifs is 1. The maximum absolute atomic E-state index is 13.8. The van der Waals surface area contributed by atoms with E-state index >= 15 is 0 Å². The first kappa shape index (κ1) is 17.2. The number of para-hydroxylation sites is 1. The molecule has 0 aromatic heterocycles. The Morgan fingerprint density at radius 3 is 2.84 bits per heavy atom. The Hall–Kier alpha value is -2.67. The van der Waals surface area contributed by atoms with Crippen molar-refractivity contribution in [3.8, 4) is 5.75 Å². The van der Waals surface area contributed by atoms with Crippen LogP contribution in [0.15, 0.2) is 42.5 Å². The number of aliphatic hydroxyl groups is 1. The fourth-order valence-corrected chi connectivity index (χ4v) is 2.77. The van der Waals surface area contributed by atoms with Crippen LogP contribution in [0.3, 0.4) is 0 Å². The number of hydrogen-bond donors (Lipinski definition) is 3. The Bertz CT molecular complexity index is 796. The lowest BCUT2D eigenvalue weighted by atomic mass is 9.95. The summed E-state index contributed by atoms with van der Waals surface area (Å²) in [5.74, 6) is -0.888. The number of carbonyl (C=O) groups is 1. The molecule has 2 atom stereocenters. The summed E-state index contributed by atoms with van der Waals surface area (Å²) in [4.78, 5) is 12.1. The summed E-state index contributed by atoms with van der Waals surface area (Å²) < 4.78 is 32.3. The number of hydrogen-bond acceptors (Lipinski definition) is 3. The van der Waals surface area contributed by atoms with Crippen LogP contribution in [0.2, 0.25) is 0 Å². The van der Waals surface area contributed by atoms with Gasteiger partial charge in [0.15, 0.2) is 0 Å². The SMILES string of the molecule is CC(O)(CNC(=O)NC1COc2ccccc21)c1ccc(F)cc1F. The van der Waals surface area contributed by atoms with Gasteiger partial charge in [0.2, 0.25) is 0 Å². The molecule has 132 valence electrons. The number of benzene rings is 2. The van der Waals surface area contributed by atoms with Crippen molar-refractivity contribution in [2.75, 3.05) is 13.2 Å². The van der Waals surface area contributed by atoms with E-state index in [-0.39, 0.29) is 18.2 Å². The molecule has 0 aliphatic carbocycles. The second-order valence-electron chi connectivity index (χ2n) is 6.13. The lowest BCUT2D eigenvalue weighted by Crippen LogP contribution is -2.45. The van der Waals surface area contributed by atoms with Gasteiger partial charge in [-0.3, -0.25) is 0 Å². The highest BCUT2D eigenvalue weighted by Crippen LogP contribution is 2.31. The molecule has 0 spiro atoms. The van der Waals surface area contributed by atoms with Crippen LogP contribution >= 0.6 is 0 Å². The number of carbonyl (C=O) groups excluding carboxylic acids is 1.